The zero-order valence-corrected chi connectivity index (χ0v) is 21.3. The van der Waals surface area contributed by atoms with Crippen LogP contribution >= 0.6 is 47.1 Å². The minimum atomic E-state index is 0. The molecular formula is C20H36IN5S2. The lowest BCUT2D eigenvalue weighted by Crippen LogP contribution is -2.55. The molecule has 1 saturated carbocycles. The van der Waals surface area contributed by atoms with Crippen LogP contribution in [0.15, 0.2) is 11.2 Å². The topological polar surface area (TPSA) is 52.6 Å². The first-order valence-corrected chi connectivity index (χ1v) is 12.5. The van der Waals surface area contributed by atoms with Crippen LogP contribution in [0.1, 0.15) is 48.9 Å². The molecule has 1 aromatic heterocycles. The van der Waals surface area contributed by atoms with Crippen LogP contribution in [-0.2, 0) is 6.42 Å². The SMILES string of the molecule is CCNC(=NCC1(N2CCSCC2)CCCCC1)NCCc1ncc(C)s1.I. The van der Waals surface area contributed by atoms with Gasteiger partial charge in [0.25, 0.3) is 0 Å². The number of hydrogen-bond acceptors (Lipinski definition) is 5. The highest BCUT2D eigenvalue weighted by Gasteiger charge is 2.38. The number of hydrogen-bond donors (Lipinski definition) is 2. The summed E-state index contributed by atoms with van der Waals surface area (Å²) in [5, 5.41) is 8.15. The van der Waals surface area contributed by atoms with Gasteiger partial charge in [0.2, 0.25) is 0 Å². The molecule has 0 spiro atoms. The number of aromatic nitrogens is 1. The van der Waals surface area contributed by atoms with Gasteiger partial charge < -0.3 is 10.6 Å². The summed E-state index contributed by atoms with van der Waals surface area (Å²) in [6.07, 6.45) is 9.62. The van der Waals surface area contributed by atoms with Crippen molar-refractivity contribution in [2.75, 3.05) is 44.2 Å². The molecule has 0 bridgehead atoms. The summed E-state index contributed by atoms with van der Waals surface area (Å²) >= 11 is 3.88. The molecule has 0 amide bonds. The summed E-state index contributed by atoms with van der Waals surface area (Å²) in [5.74, 6) is 3.51. The van der Waals surface area contributed by atoms with Gasteiger partial charge in [0.05, 0.1) is 11.6 Å². The third-order valence-electron chi connectivity index (χ3n) is 5.64. The standard InChI is InChI=1S/C20H35N5S2.HI/c1-3-21-19(22-10-7-18-23-15-17(2)27-18)24-16-20(8-5-4-6-9-20)25-11-13-26-14-12-25;/h15H,3-14,16H2,1-2H3,(H2,21,22,24);1H. The summed E-state index contributed by atoms with van der Waals surface area (Å²) in [6.45, 7) is 9.41. The van der Waals surface area contributed by atoms with Crippen LogP contribution in [0.4, 0.5) is 0 Å². The Balaban J connectivity index is 0.00000280. The molecule has 28 heavy (non-hydrogen) atoms. The Bertz CT molecular complexity index is 595. The van der Waals surface area contributed by atoms with Crippen LogP contribution in [0.2, 0.25) is 0 Å². The smallest absolute Gasteiger partial charge is 0.191 e. The Morgan fingerprint density at radius 2 is 1.96 bits per heavy atom. The first-order valence-electron chi connectivity index (χ1n) is 10.5. The van der Waals surface area contributed by atoms with E-state index in [9.17, 15) is 0 Å². The van der Waals surface area contributed by atoms with Crippen molar-refractivity contribution in [3.8, 4) is 0 Å². The second-order valence-corrected chi connectivity index (χ2v) is 10.2. The molecule has 0 atom stereocenters. The van der Waals surface area contributed by atoms with E-state index in [0.29, 0.717) is 0 Å². The molecule has 1 aliphatic carbocycles. The fourth-order valence-electron chi connectivity index (χ4n) is 4.19. The molecule has 0 unspecified atom stereocenters. The maximum absolute atomic E-state index is 5.05. The largest absolute Gasteiger partial charge is 0.357 e. The molecule has 2 N–H and O–H groups in total. The molecule has 5 nitrogen and oxygen atoms in total. The van der Waals surface area contributed by atoms with Gasteiger partial charge >= 0.3 is 0 Å². The third kappa shape index (κ3) is 7.02. The van der Waals surface area contributed by atoms with E-state index < -0.39 is 0 Å². The van der Waals surface area contributed by atoms with Crippen molar-refractivity contribution >= 4 is 53.0 Å². The molecular weight excluding hydrogens is 501 g/mol. The van der Waals surface area contributed by atoms with Crippen molar-refractivity contribution in [3.05, 3.63) is 16.1 Å². The Morgan fingerprint density at radius 3 is 2.61 bits per heavy atom. The molecule has 0 aromatic carbocycles. The number of rotatable bonds is 7. The average Bonchev–Trinajstić information content (AvgIpc) is 3.12. The lowest BCUT2D eigenvalue weighted by Gasteiger charge is -2.47. The van der Waals surface area contributed by atoms with Crippen molar-refractivity contribution in [1.29, 1.82) is 0 Å². The summed E-state index contributed by atoms with van der Waals surface area (Å²) in [4.78, 5) is 13.5. The van der Waals surface area contributed by atoms with Crippen LogP contribution in [0.3, 0.4) is 0 Å². The number of nitrogens with one attached hydrogen (secondary N) is 2. The quantitative estimate of drug-likeness (QED) is 0.314. The Kier molecular flexibility index (Phi) is 10.9. The number of nitrogens with zero attached hydrogens (tertiary/aromatic N) is 3. The summed E-state index contributed by atoms with van der Waals surface area (Å²) in [6, 6.07) is 0. The Morgan fingerprint density at radius 1 is 1.21 bits per heavy atom. The number of halogens is 1. The van der Waals surface area contributed by atoms with Gasteiger partial charge in [0, 0.05) is 60.7 Å². The lowest BCUT2D eigenvalue weighted by molar-refractivity contribution is 0.0672. The van der Waals surface area contributed by atoms with E-state index in [0.717, 1.165) is 32.0 Å². The Labute approximate surface area is 196 Å². The second kappa shape index (κ2) is 12.6. The third-order valence-corrected chi connectivity index (χ3v) is 7.56. The second-order valence-electron chi connectivity index (χ2n) is 7.62. The van der Waals surface area contributed by atoms with Gasteiger partial charge in [0.1, 0.15) is 0 Å². The molecule has 1 aliphatic heterocycles. The molecule has 1 saturated heterocycles. The zero-order chi connectivity index (χ0) is 19.0. The van der Waals surface area contributed by atoms with Gasteiger partial charge in [-0.1, -0.05) is 19.3 Å². The van der Waals surface area contributed by atoms with E-state index in [-0.39, 0.29) is 29.5 Å². The fraction of sp³-hybridized carbons (Fsp3) is 0.800. The fourth-order valence-corrected chi connectivity index (χ4v) is 5.88. The predicted molar refractivity (Wildman–Crippen MR) is 135 cm³/mol. The molecule has 160 valence electrons. The first kappa shape index (κ1) is 24.2. The van der Waals surface area contributed by atoms with E-state index in [2.05, 4.69) is 46.1 Å². The monoisotopic (exact) mass is 537 g/mol. The summed E-state index contributed by atoms with van der Waals surface area (Å²) in [7, 11) is 0. The highest BCUT2D eigenvalue weighted by molar-refractivity contribution is 14.0. The maximum Gasteiger partial charge on any atom is 0.191 e. The molecule has 3 rings (SSSR count). The molecule has 2 heterocycles. The van der Waals surface area contributed by atoms with Gasteiger partial charge in [-0.15, -0.1) is 35.3 Å². The van der Waals surface area contributed by atoms with Crippen LogP contribution in [0, 0.1) is 6.92 Å². The molecule has 0 radical (unpaired) electrons. The Hall–Kier alpha value is -0.0600. The maximum atomic E-state index is 5.05. The van der Waals surface area contributed by atoms with E-state index >= 15 is 0 Å². The molecule has 2 fully saturated rings. The van der Waals surface area contributed by atoms with E-state index in [4.69, 9.17) is 4.99 Å². The van der Waals surface area contributed by atoms with Gasteiger partial charge in [0.15, 0.2) is 5.96 Å². The van der Waals surface area contributed by atoms with Gasteiger partial charge in [-0.2, -0.15) is 11.8 Å². The van der Waals surface area contributed by atoms with Gasteiger partial charge in [-0.25, -0.2) is 4.98 Å². The summed E-state index contributed by atoms with van der Waals surface area (Å²) < 4.78 is 0. The van der Waals surface area contributed by atoms with Crippen LogP contribution in [0.25, 0.3) is 0 Å². The van der Waals surface area contributed by atoms with Crippen molar-refractivity contribution in [3.63, 3.8) is 0 Å². The average molecular weight is 538 g/mol. The van der Waals surface area contributed by atoms with Gasteiger partial charge in [-0.05, 0) is 26.7 Å². The minimum absolute atomic E-state index is 0. The van der Waals surface area contributed by atoms with Crippen LogP contribution < -0.4 is 10.6 Å². The molecule has 2 aliphatic rings. The normalized spacial score (nSPS) is 20.4. The minimum Gasteiger partial charge on any atom is -0.357 e. The van der Waals surface area contributed by atoms with Crippen molar-refractivity contribution in [1.82, 2.24) is 20.5 Å². The number of thiazole rings is 1. The van der Waals surface area contributed by atoms with Crippen molar-refractivity contribution in [2.45, 2.75) is 57.9 Å². The summed E-state index contributed by atoms with van der Waals surface area (Å²) in [5.41, 5.74) is 0.286. The number of guanidine groups is 1. The van der Waals surface area contributed by atoms with Gasteiger partial charge in [-0.3, -0.25) is 9.89 Å². The predicted octanol–water partition coefficient (Wildman–Crippen LogP) is 3.92. The van der Waals surface area contributed by atoms with Crippen molar-refractivity contribution < 1.29 is 0 Å². The first-order chi connectivity index (χ1) is 13.2. The zero-order valence-electron chi connectivity index (χ0n) is 17.3. The van der Waals surface area contributed by atoms with E-state index in [1.807, 2.05) is 6.20 Å². The number of thioether (sulfide) groups is 1. The lowest BCUT2D eigenvalue weighted by atomic mass is 9.80. The molecule has 8 heteroatoms. The van der Waals surface area contributed by atoms with Crippen LogP contribution in [-0.4, -0.2) is 65.6 Å². The molecule has 1 aromatic rings. The highest BCUT2D eigenvalue weighted by atomic mass is 127. The van der Waals surface area contributed by atoms with E-state index in [1.54, 1.807) is 11.3 Å². The van der Waals surface area contributed by atoms with E-state index in [1.165, 1.54) is 66.6 Å². The number of aliphatic imine (C=N–C) groups is 1. The number of aryl methyl sites for hydroxylation is 1. The highest BCUT2D eigenvalue weighted by Crippen LogP contribution is 2.35. The van der Waals surface area contributed by atoms with Crippen molar-refractivity contribution in [2.24, 2.45) is 4.99 Å². The van der Waals surface area contributed by atoms with Crippen LogP contribution in [0.5, 0.6) is 0 Å².